The summed E-state index contributed by atoms with van der Waals surface area (Å²) < 4.78 is 19.3. The first-order chi connectivity index (χ1) is 12.6. The molecule has 4 nitrogen and oxygen atoms in total. The number of anilines is 1. The smallest absolute Gasteiger partial charge is 0.177 e. The predicted octanol–water partition coefficient (Wildman–Crippen LogP) is 2.93. The lowest BCUT2D eigenvalue weighted by Crippen LogP contribution is -3.13. The Kier molecular flexibility index (Phi) is 6.29. The van der Waals surface area contributed by atoms with E-state index in [2.05, 4.69) is 10.2 Å². The molecule has 1 saturated heterocycles. The van der Waals surface area contributed by atoms with Gasteiger partial charge >= 0.3 is 0 Å². The number of halogens is 2. The summed E-state index contributed by atoms with van der Waals surface area (Å²) in [6, 6.07) is 12.3. The van der Waals surface area contributed by atoms with Crippen LogP contribution >= 0.6 is 23.8 Å². The summed E-state index contributed by atoms with van der Waals surface area (Å²) in [5, 5.41) is 4.48. The van der Waals surface area contributed by atoms with Crippen molar-refractivity contribution in [2.75, 3.05) is 32.2 Å². The van der Waals surface area contributed by atoms with E-state index in [0.717, 1.165) is 37.4 Å². The number of hydrogen-bond acceptors (Lipinski definition) is 2. The molecule has 1 unspecified atom stereocenters. The molecule has 0 aromatic heterocycles. The molecular formula is C19H22ClFN3OS+. The Hall–Kier alpha value is -1.89. The van der Waals surface area contributed by atoms with Gasteiger partial charge in [0.2, 0.25) is 0 Å². The Bertz CT molecular complexity index is 789. The Morgan fingerprint density at radius 1 is 1.35 bits per heavy atom. The molecule has 0 radical (unpaired) electrons. The highest BCUT2D eigenvalue weighted by molar-refractivity contribution is 7.80. The van der Waals surface area contributed by atoms with Gasteiger partial charge < -0.3 is 19.9 Å². The second kappa shape index (κ2) is 8.66. The van der Waals surface area contributed by atoms with Gasteiger partial charge in [-0.2, -0.15) is 0 Å². The van der Waals surface area contributed by atoms with Crippen LogP contribution in [0.4, 0.5) is 10.1 Å². The van der Waals surface area contributed by atoms with Gasteiger partial charge in [0, 0.05) is 29.6 Å². The molecule has 1 aliphatic rings. The molecule has 0 spiro atoms. The molecule has 1 aliphatic heterocycles. The lowest BCUT2D eigenvalue weighted by molar-refractivity contribution is -0.927. The van der Waals surface area contributed by atoms with Crippen LogP contribution in [0.25, 0.3) is 0 Å². The van der Waals surface area contributed by atoms with Crippen molar-refractivity contribution in [3.05, 3.63) is 58.9 Å². The molecule has 3 rings (SSSR count). The number of nitrogens with one attached hydrogen (secondary N) is 2. The monoisotopic (exact) mass is 394 g/mol. The van der Waals surface area contributed by atoms with Crippen molar-refractivity contribution >= 4 is 34.6 Å². The minimum absolute atomic E-state index is 0.149. The number of thiocarbonyl (C=S) groups is 1. The molecule has 1 fully saturated rings. The molecule has 1 atom stereocenters. The van der Waals surface area contributed by atoms with Crippen LogP contribution in [0.5, 0.6) is 5.75 Å². The first-order valence-electron chi connectivity index (χ1n) is 8.53. The van der Waals surface area contributed by atoms with Crippen LogP contribution in [0.2, 0.25) is 5.02 Å². The maximum Gasteiger partial charge on any atom is 0.177 e. The molecule has 0 bridgehead atoms. The molecule has 7 heteroatoms. The molecule has 2 aromatic rings. The summed E-state index contributed by atoms with van der Waals surface area (Å²) in [7, 11) is 1.60. The second-order valence-electron chi connectivity index (χ2n) is 6.32. The van der Waals surface area contributed by atoms with Crippen LogP contribution in [0.3, 0.4) is 0 Å². The first-order valence-corrected chi connectivity index (χ1v) is 9.32. The quantitative estimate of drug-likeness (QED) is 0.780. The summed E-state index contributed by atoms with van der Waals surface area (Å²) >= 11 is 11.6. The van der Waals surface area contributed by atoms with Gasteiger partial charge in [-0.05, 0) is 30.4 Å². The SMILES string of the molecule is COc1cc(Cl)ccc1NC(=S)N1CCC[NH+](Cc2ccccc2F)C1. The fourth-order valence-electron chi connectivity index (χ4n) is 3.14. The van der Waals surface area contributed by atoms with E-state index in [-0.39, 0.29) is 5.82 Å². The van der Waals surface area contributed by atoms with Gasteiger partial charge in [0.1, 0.15) is 18.1 Å². The number of quaternary nitrogens is 1. The lowest BCUT2D eigenvalue weighted by atomic mass is 10.2. The predicted molar refractivity (Wildman–Crippen MR) is 106 cm³/mol. The topological polar surface area (TPSA) is 28.9 Å². The Morgan fingerprint density at radius 2 is 2.15 bits per heavy atom. The normalized spacial score (nSPS) is 17.0. The van der Waals surface area contributed by atoms with E-state index < -0.39 is 0 Å². The third-order valence-corrected chi connectivity index (χ3v) is 5.06. The average Bonchev–Trinajstić information content (AvgIpc) is 2.65. The summed E-state index contributed by atoms with van der Waals surface area (Å²) in [6.45, 7) is 3.26. The van der Waals surface area contributed by atoms with Crippen LogP contribution in [0.15, 0.2) is 42.5 Å². The Labute approximate surface area is 163 Å². The van der Waals surface area contributed by atoms with Crippen molar-refractivity contribution in [3.8, 4) is 5.75 Å². The van der Waals surface area contributed by atoms with E-state index in [1.54, 1.807) is 25.3 Å². The minimum Gasteiger partial charge on any atom is -0.495 e. The van der Waals surface area contributed by atoms with Crippen molar-refractivity contribution in [2.45, 2.75) is 13.0 Å². The lowest BCUT2D eigenvalue weighted by Gasteiger charge is -2.34. The van der Waals surface area contributed by atoms with Gasteiger partial charge in [0.25, 0.3) is 0 Å². The van der Waals surface area contributed by atoms with Crippen LogP contribution < -0.4 is 15.0 Å². The van der Waals surface area contributed by atoms with Crippen molar-refractivity contribution in [3.63, 3.8) is 0 Å². The van der Waals surface area contributed by atoms with E-state index in [9.17, 15) is 4.39 Å². The number of methoxy groups -OCH3 is 1. The van der Waals surface area contributed by atoms with E-state index >= 15 is 0 Å². The summed E-state index contributed by atoms with van der Waals surface area (Å²) in [5.74, 6) is 0.496. The van der Waals surface area contributed by atoms with Gasteiger partial charge in [-0.3, -0.25) is 0 Å². The standard InChI is InChI=1S/C19H21ClFN3OS/c1-25-18-11-15(20)7-8-17(18)22-19(26)24-10-4-9-23(13-24)12-14-5-2-3-6-16(14)21/h2-3,5-8,11H,4,9-10,12-13H2,1H3,(H,22,26)/p+1. The zero-order valence-electron chi connectivity index (χ0n) is 14.6. The highest BCUT2D eigenvalue weighted by Gasteiger charge is 2.24. The van der Waals surface area contributed by atoms with Crippen molar-refractivity contribution < 1.29 is 14.0 Å². The number of benzene rings is 2. The van der Waals surface area contributed by atoms with E-state index in [4.69, 9.17) is 28.6 Å². The Morgan fingerprint density at radius 3 is 2.92 bits per heavy atom. The molecule has 2 N–H and O–H groups in total. The molecule has 0 aliphatic carbocycles. The third kappa shape index (κ3) is 4.63. The average molecular weight is 395 g/mol. The number of nitrogens with zero attached hydrogens (tertiary/aromatic N) is 1. The highest BCUT2D eigenvalue weighted by Crippen LogP contribution is 2.28. The zero-order chi connectivity index (χ0) is 18.5. The fourth-order valence-corrected chi connectivity index (χ4v) is 3.57. The second-order valence-corrected chi connectivity index (χ2v) is 7.14. The summed E-state index contributed by atoms with van der Waals surface area (Å²) in [6.07, 6.45) is 1.00. The molecule has 1 heterocycles. The van der Waals surface area contributed by atoms with Crippen LogP contribution in [-0.2, 0) is 6.54 Å². The number of hydrogen-bond donors (Lipinski definition) is 2. The first kappa shape index (κ1) is 18.9. The van der Waals surface area contributed by atoms with Gasteiger partial charge in [-0.25, -0.2) is 4.39 Å². The molecular weight excluding hydrogens is 373 g/mol. The van der Waals surface area contributed by atoms with Crippen LogP contribution in [0.1, 0.15) is 12.0 Å². The Balaban J connectivity index is 1.64. The maximum absolute atomic E-state index is 13.9. The van der Waals surface area contributed by atoms with Gasteiger partial charge in [0.05, 0.1) is 19.3 Å². The van der Waals surface area contributed by atoms with Gasteiger partial charge in [0.15, 0.2) is 11.8 Å². The minimum atomic E-state index is -0.149. The fraction of sp³-hybridized carbons (Fsp3) is 0.316. The van der Waals surface area contributed by atoms with E-state index in [0.29, 0.717) is 22.4 Å². The maximum atomic E-state index is 13.9. The van der Waals surface area contributed by atoms with E-state index in [1.807, 2.05) is 18.2 Å². The largest absolute Gasteiger partial charge is 0.495 e. The highest BCUT2D eigenvalue weighted by atomic mass is 35.5. The van der Waals surface area contributed by atoms with E-state index in [1.165, 1.54) is 11.0 Å². The summed E-state index contributed by atoms with van der Waals surface area (Å²) in [4.78, 5) is 3.40. The molecule has 0 amide bonds. The molecule has 138 valence electrons. The van der Waals surface area contributed by atoms with Crippen molar-refractivity contribution in [1.82, 2.24) is 4.90 Å². The molecule has 0 saturated carbocycles. The zero-order valence-corrected chi connectivity index (χ0v) is 16.2. The van der Waals surface area contributed by atoms with Crippen molar-refractivity contribution in [2.24, 2.45) is 0 Å². The summed E-state index contributed by atoms with van der Waals surface area (Å²) in [5.41, 5.74) is 1.52. The van der Waals surface area contributed by atoms with Crippen LogP contribution in [0, 0.1) is 5.82 Å². The van der Waals surface area contributed by atoms with Gasteiger partial charge in [-0.15, -0.1) is 0 Å². The number of rotatable bonds is 4. The van der Waals surface area contributed by atoms with Crippen molar-refractivity contribution in [1.29, 1.82) is 0 Å². The number of ether oxygens (including phenoxy) is 1. The molecule has 26 heavy (non-hydrogen) atoms. The van der Waals surface area contributed by atoms with Gasteiger partial charge in [-0.1, -0.05) is 29.8 Å². The third-order valence-electron chi connectivity index (χ3n) is 4.46. The molecule has 2 aromatic carbocycles. The van der Waals surface area contributed by atoms with Crippen LogP contribution in [-0.4, -0.2) is 36.9 Å².